The highest BCUT2D eigenvalue weighted by Gasteiger charge is 2.21. The highest BCUT2D eigenvalue weighted by molar-refractivity contribution is 5.33. The number of allylic oxidation sites excluding steroid dienone is 4. The fourth-order valence-electron chi connectivity index (χ4n) is 4.32. The molecule has 0 aromatic carbocycles. The number of hydrogen-bond acceptors (Lipinski definition) is 2. The second-order valence-electron chi connectivity index (χ2n) is 7.90. The molecule has 3 heteroatoms. The topological polar surface area (TPSA) is 43.1 Å². The lowest BCUT2D eigenvalue weighted by Gasteiger charge is -2.14. The predicted octanol–water partition coefficient (Wildman–Crippen LogP) is 7.49. The van der Waals surface area contributed by atoms with Crippen molar-refractivity contribution in [2.45, 2.75) is 116 Å². The Morgan fingerprint density at radius 3 is 1.72 bits per heavy atom. The molecular formula is C22H37NO2. The highest BCUT2D eigenvalue weighted by atomic mass is 16.6. The van der Waals surface area contributed by atoms with Crippen LogP contribution in [-0.2, 0) is 0 Å². The maximum Gasteiger partial charge on any atom is 0.249 e. The molecule has 2 aliphatic carbocycles. The van der Waals surface area contributed by atoms with Gasteiger partial charge in [0.15, 0.2) is 0 Å². The normalized spacial score (nSPS) is 23.1. The third-order valence-corrected chi connectivity index (χ3v) is 5.84. The van der Waals surface area contributed by atoms with Crippen molar-refractivity contribution in [3.63, 3.8) is 0 Å². The van der Waals surface area contributed by atoms with E-state index in [9.17, 15) is 10.1 Å². The number of rotatable bonds is 2. The summed E-state index contributed by atoms with van der Waals surface area (Å²) in [6.45, 7) is 0. The minimum Gasteiger partial charge on any atom is -0.259 e. The monoisotopic (exact) mass is 347 g/mol. The summed E-state index contributed by atoms with van der Waals surface area (Å²) in [7, 11) is 0. The molecule has 0 atom stereocenters. The van der Waals surface area contributed by atoms with Gasteiger partial charge in [0.05, 0.1) is 4.92 Å². The molecular weight excluding hydrogens is 310 g/mol. The van der Waals surface area contributed by atoms with Crippen molar-refractivity contribution in [1.29, 1.82) is 0 Å². The zero-order valence-corrected chi connectivity index (χ0v) is 16.1. The van der Waals surface area contributed by atoms with Gasteiger partial charge in [-0.1, -0.05) is 70.3 Å². The van der Waals surface area contributed by atoms with Gasteiger partial charge in [-0.3, -0.25) is 10.1 Å². The zero-order chi connectivity index (χ0) is 17.7. The summed E-state index contributed by atoms with van der Waals surface area (Å²) >= 11 is 0. The molecule has 0 fully saturated rings. The summed E-state index contributed by atoms with van der Waals surface area (Å²) in [6, 6.07) is 0. The lowest BCUT2D eigenvalue weighted by Crippen LogP contribution is -2.07. The SMILES string of the molecule is O=[N+]([O-])C1=C(C2=CCCCCCCCCC2)CCCCCCCCC1. The molecule has 0 saturated carbocycles. The molecule has 2 rings (SSSR count). The third-order valence-electron chi connectivity index (χ3n) is 5.84. The van der Waals surface area contributed by atoms with E-state index in [0.29, 0.717) is 12.1 Å². The Bertz CT molecular complexity index is 465. The maximum absolute atomic E-state index is 11.8. The minimum atomic E-state index is -0.0564. The van der Waals surface area contributed by atoms with Crippen LogP contribution in [0.25, 0.3) is 0 Å². The molecule has 142 valence electrons. The lowest BCUT2D eigenvalue weighted by molar-refractivity contribution is -0.429. The van der Waals surface area contributed by atoms with E-state index in [2.05, 4.69) is 6.08 Å². The van der Waals surface area contributed by atoms with E-state index >= 15 is 0 Å². The van der Waals surface area contributed by atoms with Gasteiger partial charge in [-0.2, -0.15) is 0 Å². The van der Waals surface area contributed by atoms with Crippen molar-refractivity contribution in [2.75, 3.05) is 0 Å². The summed E-state index contributed by atoms with van der Waals surface area (Å²) < 4.78 is 0. The van der Waals surface area contributed by atoms with Crippen molar-refractivity contribution >= 4 is 0 Å². The van der Waals surface area contributed by atoms with Gasteiger partial charge in [0.25, 0.3) is 0 Å². The van der Waals surface area contributed by atoms with Gasteiger partial charge < -0.3 is 0 Å². The summed E-state index contributed by atoms with van der Waals surface area (Å²) in [5, 5.41) is 11.8. The van der Waals surface area contributed by atoms with Crippen molar-refractivity contribution in [2.24, 2.45) is 0 Å². The molecule has 0 aromatic heterocycles. The molecule has 0 heterocycles. The Morgan fingerprint density at radius 2 is 1.12 bits per heavy atom. The van der Waals surface area contributed by atoms with Crippen LogP contribution in [0.2, 0.25) is 0 Å². The van der Waals surface area contributed by atoms with Crippen LogP contribution in [0.4, 0.5) is 0 Å². The Labute approximate surface area is 154 Å². The Balaban J connectivity index is 2.22. The molecule has 0 saturated heterocycles. The van der Waals surface area contributed by atoms with Crippen molar-refractivity contribution in [1.82, 2.24) is 0 Å². The van der Waals surface area contributed by atoms with Gasteiger partial charge in [0, 0.05) is 12.0 Å². The molecule has 0 unspecified atom stereocenters. The quantitative estimate of drug-likeness (QED) is 0.383. The van der Waals surface area contributed by atoms with Crippen molar-refractivity contribution in [3.8, 4) is 0 Å². The van der Waals surface area contributed by atoms with E-state index in [1.54, 1.807) is 0 Å². The molecule has 2 aliphatic rings. The Morgan fingerprint density at radius 1 is 0.640 bits per heavy atom. The smallest absolute Gasteiger partial charge is 0.249 e. The zero-order valence-electron chi connectivity index (χ0n) is 16.1. The predicted molar refractivity (Wildman–Crippen MR) is 105 cm³/mol. The van der Waals surface area contributed by atoms with Gasteiger partial charge >= 0.3 is 0 Å². The first-order chi connectivity index (χ1) is 12.3. The number of hydrogen-bond donors (Lipinski definition) is 0. The van der Waals surface area contributed by atoms with E-state index in [-0.39, 0.29) is 4.92 Å². The van der Waals surface area contributed by atoms with E-state index in [1.165, 1.54) is 76.2 Å². The number of nitrogens with zero attached hydrogens (tertiary/aromatic N) is 1. The average molecular weight is 348 g/mol. The summed E-state index contributed by atoms with van der Waals surface area (Å²) in [6.07, 6.45) is 23.5. The van der Waals surface area contributed by atoms with Crippen molar-refractivity contribution in [3.05, 3.63) is 33.0 Å². The maximum atomic E-state index is 11.8. The molecule has 0 radical (unpaired) electrons. The van der Waals surface area contributed by atoms with Crippen LogP contribution in [0.1, 0.15) is 116 Å². The second kappa shape index (κ2) is 12.3. The summed E-state index contributed by atoms with van der Waals surface area (Å²) in [5.41, 5.74) is 2.99. The average Bonchev–Trinajstić information content (AvgIpc) is 2.70. The van der Waals surface area contributed by atoms with E-state index in [4.69, 9.17) is 0 Å². The molecule has 0 spiro atoms. The third kappa shape index (κ3) is 7.75. The molecule has 0 bridgehead atoms. The van der Waals surface area contributed by atoms with Crippen molar-refractivity contribution < 1.29 is 4.92 Å². The summed E-state index contributed by atoms with van der Waals surface area (Å²) in [4.78, 5) is 11.8. The molecule has 0 aliphatic heterocycles. The lowest BCUT2D eigenvalue weighted by atomic mass is 9.91. The van der Waals surface area contributed by atoms with Crippen LogP contribution in [0.15, 0.2) is 22.9 Å². The first kappa shape index (κ1) is 20.2. The molecule has 3 nitrogen and oxygen atoms in total. The minimum absolute atomic E-state index is 0.0564. The van der Waals surface area contributed by atoms with E-state index < -0.39 is 0 Å². The molecule has 0 amide bonds. The first-order valence-electron chi connectivity index (χ1n) is 10.8. The highest BCUT2D eigenvalue weighted by Crippen LogP contribution is 2.31. The van der Waals surface area contributed by atoms with Gasteiger partial charge in [0.2, 0.25) is 5.70 Å². The Kier molecular flexibility index (Phi) is 9.91. The van der Waals surface area contributed by atoms with E-state index in [1.807, 2.05) is 0 Å². The molecule has 0 aromatic rings. The van der Waals surface area contributed by atoms with E-state index in [0.717, 1.165) is 44.1 Å². The fraction of sp³-hybridized carbons (Fsp3) is 0.818. The van der Waals surface area contributed by atoms with Crippen LogP contribution < -0.4 is 0 Å². The fourth-order valence-corrected chi connectivity index (χ4v) is 4.32. The Hall–Kier alpha value is -1.12. The molecule has 0 N–H and O–H groups in total. The second-order valence-corrected chi connectivity index (χ2v) is 7.90. The summed E-state index contributed by atoms with van der Waals surface area (Å²) in [5.74, 6) is 0. The van der Waals surface area contributed by atoms with Crippen LogP contribution in [0.5, 0.6) is 0 Å². The van der Waals surface area contributed by atoms with Crippen LogP contribution >= 0.6 is 0 Å². The van der Waals surface area contributed by atoms with Gasteiger partial charge in [-0.05, 0) is 50.5 Å². The molecule has 25 heavy (non-hydrogen) atoms. The van der Waals surface area contributed by atoms with Crippen LogP contribution in [0.3, 0.4) is 0 Å². The van der Waals surface area contributed by atoms with Gasteiger partial charge in [-0.15, -0.1) is 0 Å². The first-order valence-corrected chi connectivity index (χ1v) is 10.8. The standard InChI is InChI=1S/C22H37NO2/c24-23(25)22-19-15-11-7-3-6-10-14-18-21(22)20-16-12-8-4-1-2-5-9-13-17-20/h16H,1-15,17-19H2. The largest absolute Gasteiger partial charge is 0.259 e. The van der Waals surface area contributed by atoms with Crippen LogP contribution in [0, 0.1) is 10.1 Å². The van der Waals surface area contributed by atoms with Gasteiger partial charge in [0.1, 0.15) is 0 Å². The van der Waals surface area contributed by atoms with Gasteiger partial charge in [-0.25, -0.2) is 0 Å². The van der Waals surface area contributed by atoms with Crippen LogP contribution in [-0.4, -0.2) is 4.92 Å². The number of nitro groups is 1.